The summed E-state index contributed by atoms with van der Waals surface area (Å²) in [5, 5.41) is 14.9. The van der Waals surface area contributed by atoms with E-state index in [0.29, 0.717) is 5.56 Å². The molecule has 0 radical (unpaired) electrons. The van der Waals surface area contributed by atoms with Crippen molar-refractivity contribution in [3.63, 3.8) is 0 Å². The molecule has 1 aliphatic rings. The molecule has 1 fully saturated rings. The average Bonchev–Trinajstić information content (AvgIpc) is 3.41. The van der Waals surface area contributed by atoms with Crippen LogP contribution in [0.15, 0.2) is 42.9 Å². The normalized spacial score (nSPS) is 13.7. The van der Waals surface area contributed by atoms with Gasteiger partial charge in [0.2, 0.25) is 0 Å². The van der Waals surface area contributed by atoms with E-state index in [1.807, 2.05) is 28.8 Å². The Balaban J connectivity index is 1.64. The number of carbonyl (C=O) groups is 1. The summed E-state index contributed by atoms with van der Waals surface area (Å²) in [5.41, 5.74) is 3.12. The van der Waals surface area contributed by atoms with Crippen LogP contribution in [0.1, 0.15) is 23.2 Å². The second-order valence-electron chi connectivity index (χ2n) is 6.50. The van der Waals surface area contributed by atoms with Gasteiger partial charge in [-0.25, -0.2) is 9.97 Å². The first-order valence-corrected chi connectivity index (χ1v) is 8.81. The predicted molar refractivity (Wildman–Crippen MR) is 99.1 cm³/mol. The molecule has 0 bridgehead atoms. The van der Waals surface area contributed by atoms with E-state index in [1.165, 1.54) is 12.8 Å². The molecule has 0 aliphatic heterocycles. The Labute approximate surface area is 151 Å². The summed E-state index contributed by atoms with van der Waals surface area (Å²) in [6.45, 7) is 1.08. The molecule has 0 unspecified atom stereocenters. The maximum atomic E-state index is 12.1. The highest BCUT2D eigenvalue weighted by molar-refractivity contribution is 5.95. The molecule has 3 aromatic rings. The van der Waals surface area contributed by atoms with E-state index < -0.39 is 0 Å². The molecule has 26 heavy (non-hydrogen) atoms. The molecule has 1 aromatic carbocycles. The number of amides is 1. The van der Waals surface area contributed by atoms with Crippen molar-refractivity contribution in [2.24, 2.45) is 5.92 Å². The minimum Gasteiger partial charge on any atom is -0.395 e. The van der Waals surface area contributed by atoms with E-state index >= 15 is 0 Å². The number of aliphatic hydroxyl groups is 1. The summed E-state index contributed by atoms with van der Waals surface area (Å²) in [6, 6.07) is 7.37. The number of nitrogens with zero attached hydrogens (tertiary/aromatic N) is 3. The SMILES string of the molecule is O=C(NCCO)c1cccc(-c2cnc3c(NCC4CC4)nccn23)c1. The van der Waals surface area contributed by atoms with Gasteiger partial charge < -0.3 is 15.7 Å². The number of fused-ring (bicyclic) bond motifs is 1. The lowest BCUT2D eigenvalue weighted by atomic mass is 10.1. The van der Waals surface area contributed by atoms with Crippen LogP contribution < -0.4 is 10.6 Å². The number of rotatable bonds is 7. The predicted octanol–water partition coefficient (Wildman–Crippen LogP) is 1.94. The van der Waals surface area contributed by atoms with Crippen molar-refractivity contribution in [1.29, 1.82) is 0 Å². The summed E-state index contributed by atoms with van der Waals surface area (Å²) >= 11 is 0. The van der Waals surface area contributed by atoms with Gasteiger partial charge in [0.1, 0.15) is 0 Å². The maximum absolute atomic E-state index is 12.1. The number of imidazole rings is 1. The zero-order valence-electron chi connectivity index (χ0n) is 14.4. The molecule has 4 rings (SSSR count). The smallest absolute Gasteiger partial charge is 0.251 e. The number of anilines is 1. The van der Waals surface area contributed by atoms with Crippen molar-refractivity contribution >= 4 is 17.4 Å². The van der Waals surface area contributed by atoms with Crippen molar-refractivity contribution in [3.05, 3.63) is 48.4 Å². The van der Waals surface area contributed by atoms with E-state index in [4.69, 9.17) is 5.11 Å². The quantitative estimate of drug-likeness (QED) is 0.605. The fourth-order valence-corrected chi connectivity index (χ4v) is 2.91. The number of hydrogen-bond donors (Lipinski definition) is 3. The van der Waals surface area contributed by atoms with Gasteiger partial charge in [0.05, 0.1) is 18.5 Å². The minimum atomic E-state index is -0.205. The standard InChI is InChI=1S/C19H21N5O2/c25-9-7-21-19(26)15-3-1-2-14(10-15)16-12-23-18-17(20-6-8-24(16)18)22-11-13-4-5-13/h1-3,6,8,10,12-13,25H,4-5,7,9,11H2,(H,20,22)(H,21,26). The van der Waals surface area contributed by atoms with E-state index in [-0.39, 0.29) is 19.1 Å². The van der Waals surface area contributed by atoms with Crippen LogP contribution in [-0.2, 0) is 0 Å². The zero-order chi connectivity index (χ0) is 17.9. The van der Waals surface area contributed by atoms with Crippen molar-refractivity contribution in [3.8, 4) is 11.3 Å². The zero-order valence-corrected chi connectivity index (χ0v) is 14.4. The van der Waals surface area contributed by atoms with Gasteiger partial charge in [0.15, 0.2) is 11.5 Å². The molecule has 0 saturated heterocycles. The second-order valence-corrected chi connectivity index (χ2v) is 6.50. The fourth-order valence-electron chi connectivity index (χ4n) is 2.91. The van der Waals surface area contributed by atoms with Gasteiger partial charge in [-0.2, -0.15) is 0 Å². The van der Waals surface area contributed by atoms with Gasteiger partial charge in [-0.1, -0.05) is 12.1 Å². The van der Waals surface area contributed by atoms with Crippen molar-refractivity contribution in [1.82, 2.24) is 19.7 Å². The Morgan fingerprint density at radius 3 is 3.00 bits per heavy atom. The molecular weight excluding hydrogens is 330 g/mol. The lowest BCUT2D eigenvalue weighted by Crippen LogP contribution is -2.26. The molecule has 2 aromatic heterocycles. The number of benzene rings is 1. The first-order chi connectivity index (χ1) is 12.8. The molecule has 1 amide bonds. The van der Waals surface area contributed by atoms with E-state index in [0.717, 1.165) is 35.2 Å². The van der Waals surface area contributed by atoms with Crippen LogP contribution in [-0.4, -0.2) is 45.1 Å². The third kappa shape index (κ3) is 3.39. The maximum Gasteiger partial charge on any atom is 0.251 e. The van der Waals surface area contributed by atoms with E-state index in [2.05, 4.69) is 20.6 Å². The van der Waals surface area contributed by atoms with Gasteiger partial charge in [-0.15, -0.1) is 0 Å². The number of nitrogens with one attached hydrogen (secondary N) is 2. The summed E-state index contributed by atoms with van der Waals surface area (Å²) in [5.74, 6) is 1.33. The summed E-state index contributed by atoms with van der Waals surface area (Å²) in [6.07, 6.45) is 7.98. The number of aromatic nitrogens is 3. The topological polar surface area (TPSA) is 91.5 Å². The summed E-state index contributed by atoms with van der Waals surface area (Å²) in [7, 11) is 0. The van der Waals surface area contributed by atoms with Gasteiger partial charge in [0.25, 0.3) is 5.91 Å². The van der Waals surface area contributed by atoms with Crippen LogP contribution in [0.25, 0.3) is 16.9 Å². The van der Waals surface area contributed by atoms with Gasteiger partial charge in [0, 0.05) is 36.6 Å². The highest BCUT2D eigenvalue weighted by atomic mass is 16.3. The Hall–Kier alpha value is -2.93. The molecule has 1 aliphatic carbocycles. The summed E-state index contributed by atoms with van der Waals surface area (Å²) in [4.78, 5) is 21.1. The molecular formula is C19H21N5O2. The number of hydrogen-bond acceptors (Lipinski definition) is 5. The third-order valence-corrected chi connectivity index (χ3v) is 4.50. The molecule has 0 atom stereocenters. The molecule has 3 N–H and O–H groups in total. The second kappa shape index (κ2) is 7.13. The molecule has 7 nitrogen and oxygen atoms in total. The Kier molecular flexibility index (Phi) is 4.53. The van der Waals surface area contributed by atoms with Crippen molar-refractivity contribution in [2.75, 3.05) is 25.0 Å². The van der Waals surface area contributed by atoms with Gasteiger partial charge in [-0.3, -0.25) is 9.20 Å². The number of carbonyl (C=O) groups excluding carboxylic acids is 1. The Bertz CT molecular complexity index is 933. The lowest BCUT2D eigenvalue weighted by Gasteiger charge is -2.08. The molecule has 7 heteroatoms. The highest BCUT2D eigenvalue weighted by Crippen LogP contribution is 2.29. The van der Waals surface area contributed by atoms with Crippen LogP contribution in [0, 0.1) is 5.92 Å². The van der Waals surface area contributed by atoms with Crippen LogP contribution in [0.3, 0.4) is 0 Å². The Morgan fingerprint density at radius 2 is 2.19 bits per heavy atom. The molecule has 2 heterocycles. The average molecular weight is 351 g/mol. The van der Waals surface area contributed by atoms with Crippen molar-refractivity contribution < 1.29 is 9.90 Å². The molecule has 1 saturated carbocycles. The largest absolute Gasteiger partial charge is 0.395 e. The first-order valence-electron chi connectivity index (χ1n) is 8.81. The van der Waals surface area contributed by atoms with Crippen LogP contribution >= 0.6 is 0 Å². The van der Waals surface area contributed by atoms with E-state index in [1.54, 1.807) is 18.5 Å². The van der Waals surface area contributed by atoms with Gasteiger partial charge >= 0.3 is 0 Å². The van der Waals surface area contributed by atoms with Gasteiger partial charge in [-0.05, 0) is 30.9 Å². The highest BCUT2D eigenvalue weighted by Gasteiger charge is 2.21. The van der Waals surface area contributed by atoms with Crippen molar-refractivity contribution in [2.45, 2.75) is 12.8 Å². The van der Waals surface area contributed by atoms with Crippen LogP contribution in [0.2, 0.25) is 0 Å². The molecule has 0 spiro atoms. The van der Waals surface area contributed by atoms with Crippen LogP contribution in [0.4, 0.5) is 5.82 Å². The third-order valence-electron chi connectivity index (χ3n) is 4.50. The number of aliphatic hydroxyl groups excluding tert-OH is 1. The Morgan fingerprint density at radius 1 is 1.31 bits per heavy atom. The monoisotopic (exact) mass is 351 g/mol. The van der Waals surface area contributed by atoms with Crippen LogP contribution in [0.5, 0.6) is 0 Å². The van der Waals surface area contributed by atoms with E-state index in [9.17, 15) is 4.79 Å². The summed E-state index contributed by atoms with van der Waals surface area (Å²) < 4.78 is 1.98. The molecule has 134 valence electrons. The first kappa shape index (κ1) is 16.5. The fraction of sp³-hybridized carbons (Fsp3) is 0.316. The minimum absolute atomic E-state index is 0.0810. The lowest BCUT2D eigenvalue weighted by molar-refractivity contribution is 0.0945.